The van der Waals surface area contributed by atoms with E-state index in [9.17, 15) is 45.6 Å². The number of ether oxygens (including phenoxy) is 4. The molecule has 0 aliphatic carbocycles. The molecule has 12 atom stereocenters. The van der Waals surface area contributed by atoms with Crippen molar-refractivity contribution in [3.63, 3.8) is 0 Å². The van der Waals surface area contributed by atoms with Gasteiger partial charge in [-0.25, -0.2) is 0 Å². The van der Waals surface area contributed by atoms with Crippen LogP contribution in [0.4, 0.5) is 0 Å². The number of aliphatic hydroxyl groups excluding tert-OH is 8. The second kappa shape index (κ2) is 53.2. The van der Waals surface area contributed by atoms with Crippen LogP contribution < -0.4 is 5.32 Å². The van der Waals surface area contributed by atoms with Gasteiger partial charge in [-0.05, 0) is 57.8 Å². The van der Waals surface area contributed by atoms with E-state index in [1.807, 2.05) is 6.08 Å². The lowest BCUT2D eigenvalue weighted by Gasteiger charge is -2.46. The quantitative estimate of drug-likeness (QED) is 0.0204. The highest BCUT2D eigenvalue weighted by Gasteiger charge is 2.51. The van der Waals surface area contributed by atoms with Gasteiger partial charge in [0.05, 0.1) is 32.0 Å². The van der Waals surface area contributed by atoms with Crippen molar-refractivity contribution in [2.24, 2.45) is 0 Å². The number of hydrogen-bond donors (Lipinski definition) is 9. The molecule has 14 heteroatoms. The molecule has 2 saturated heterocycles. The summed E-state index contributed by atoms with van der Waals surface area (Å²) < 4.78 is 22.8. The molecule has 2 aliphatic heterocycles. The van der Waals surface area contributed by atoms with Gasteiger partial charge in [0, 0.05) is 6.42 Å². The van der Waals surface area contributed by atoms with E-state index in [-0.39, 0.29) is 18.9 Å². The van der Waals surface area contributed by atoms with Crippen LogP contribution in [-0.4, -0.2) is 140 Å². The van der Waals surface area contributed by atoms with E-state index < -0.39 is 86.8 Å². The maximum atomic E-state index is 13.3. The smallest absolute Gasteiger partial charge is 0.220 e. The summed E-state index contributed by atoms with van der Waals surface area (Å²) in [6.07, 6.45) is 51.5. The first-order valence-electron chi connectivity index (χ1n) is 33.9. The average Bonchev–Trinajstić information content (AvgIpc) is 3.56. The zero-order valence-corrected chi connectivity index (χ0v) is 52.0. The van der Waals surface area contributed by atoms with Gasteiger partial charge in [-0.2, -0.15) is 0 Å². The molecule has 2 heterocycles. The Labute approximate surface area is 499 Å². The first kappa shape index (κ1) is 76.0. The Balaban J connectivity index is 1.72. The summed E-state index contributed by atoms with van der Waals surface area (Å²) >= 11 is 0. The van der Waals surface area contributed by atoms with Crippen LogP contribution in [0.5, 0.6) is 0 Å². The molecule has 0 radical (unpaired) electrons. The Morgan fingerprint density at radius 2 is 0.805 bits per heavy atom. The third-order valence-electron chi connectivity index (χ3n) is 16.5. The fraction of sp³-hybridized carbons (Fsp3) is 0.868. The van der Waals surface area contributed by atoms with Crippen LogP contribution in [0.15, 0.2) is 48.6 Å². The van der Waals surface area contributed by atoms with E-state index in [0.717, 1.165) is 57.8 Å². The lowest BCUT2D eigenvalue weighted by atomic mass is 9.97. The SMILES string of the molecule is CCCCCCC/C=C\C/C=C\C/C=C\CCCCCCCCCCCCC(=O)NC(COC1OC(CO)C(OC2OC(CO)C(O)C(O)C2O)C(O)C1O)C(O)/C=C/CCCCCCCCCCCCCCCCCCCCCCC. The predicted molar refractivity (Wildman–Crippen MR) is 332 cm³/mol. The maximum absolute atomic E-state index is 13.3. The van der Waals surface area contributed by atoms with Gasteiger partial charge in [0.1, 0.15) is 48.8 Å². The van der Waals surface area contributed by atoms with E-state index in [1.54, 1.807) is 6.08 Å². The molecule has 9 N–H and O–H groups in total. The number of carbonyl (C=O) groups is 1. The van der Waals surface area contributed by atoms with E-state index in [2.05, 4.69) is 55.6 Å². The number of unbranched alkanes of at least 4 members (excludes halogenated alkanes) is 36. The molecule has 2 rings (SSSR count). The molecule has 480 valence electrons. The third kappa shape index (κ3) is 37.5. The molecule has 0 spiro atoms. The monoisotopic (exact) mass is 1160 g/mol. The lowest BCUT2D eigenvalue weighted by Crippen LogP contribution is -2.65. The molecule has 0 aromatic heterocycles. The molecule has 0 saturated carbocycles. The Kier molecular flexibility index (Phi) is 49.3. The standard InChI is InChI=1S/C68H125NO13/c1-3-5-7-9-11-13-15-17-19-21-23-25-27-28-30-32-34-36-38-40-42-44-46-48-50-52-60(73)69-56(55-79-67-65(78)63(76)66(59(54-71)81-67)82-68-64(77)62(75)61(74)58(53-70)80-68)57(72)51-49-47-45-43-41-39-37-35-33-31-29-26-24-22-20-18-16-14-12-10-8-6-4-2/h15,17,21,23,27-28,49,51,56-59,61-68,70-72,74-78H,3-14,16,18-20,22,24-26,29-48,50,52-55H2,1-2H3,(H,69,73)/b17-15-,23-21-,28-27-,51-49+. The van der Waals surface area contributed by atoms with Crippen LogP contribution in [0, 0.1) is 0 Å². The van der Waals surface area contributed by atoms with E-state index in [1.165, 1.54) is 199 Å². The Bertz CT molecular complexity index is 1560. The van der Waals surface area contributed by atoms with Crippen molar-refractivity contribution in [2.45, 2.75) is 357 Å². The average molecular weight is 1160 g/mol. The highest BCUT2D eigenvalue weighted by Crippen LogP contribution is 2.30. The van der Waals surface area contributed by atoms with Crippen molar-refractivity contribution in [3.05, 3.63) is 48.6 Å². The Hall–Kier alpha value is -2.05. The summed E-state index contributed by atoms with van der Waals surface area (Å²) in [6, 6.07) is -0.919. The van der Waals surface area contributed by atoms with Crippen LogP contribution in [0.2, 0.25) is 0 Å². The Morgan fingerprint density at radius 3 is 1.23 bits per heavy atom. The zero-order chi connectivity index (χ0) is 59.5. The van der Waals surface area contributed by atoms with Gasteiger partial charge in [-0.3, -0.25) is 4.79 Å². The molecular formula is C68H125NO13. The van der Waals surface area contributed by atoms with Gasteiger partial charge in [-0.15, -0.1) is 0 Å². The number of aliphatic hydroxyl groups is 8. The van der Waals surface area contributed by atoms with Crippen molar-refractivity contribution < 1.29 is 64.6 Å². The first-order chi connectivity index (χ1) is 40.1. The largest absolute Gasteiger partial charge is 0.394 e. The number of hydrogen-bond acceptors (Lipinski definition) is 13. The minimum atomic E-state index is -1.79. The predicted octanol–water partition coefficient (Wildman–Crippen LogP) is 13.1. The summed E-state index contributed by atoms with van der Waals surface area (Å²) in [4.78, 5) is 13.3. The molecule has 2 aliphatic rings. The van der Waals surface area contributed by atoms with Crippen LogP contribution in [0.1, 0.15) is 284 Å². The molecule has 82 heavy (non-hydrogen) atoms. The fourth-order valence-electron chi connectivity index (χ4n) is 11.1. The summed E-state index contributed by atoms with van der Waals surface area (Å²) in [7, 11) is 0. The van der Waals surface area contributed by atoms with E-state index >= 15 is 0 Å². The molecule has 12 unspecified atom stereocenters. The van der Waals surface area contributed by atoms with Gasteiger partial charge in [0.25, 0.3) is 0 Å². The molecule has 0 bridgehead atoms. The second-order valence-electron chi connectivity index (χ2n) is 24.0. The van der Waals surface area contributed by atoms with Gasteiger partial charge in [0.2, 0.25) is 5.91 Å². The third-order valence-corrected chi connectivity index (χ3v) is 16.5. The topological polar surface area (TPSA) is 228 Å². The highest BCUT2D eigenvalue weighted by molar-refractivity contribution is 5.76. The van der Waals surface area contributed by atoms with Gasteiger partial charge < -0.3 is 65.1 Å². The highest BCUT2D eigenvalue weighted by atomic mass is 16.7. The van der Waals surface area contributed by atoms with Crippen LogP contribution in [-0.2, 0) is 23.7 Å². The lowest BCUT2D eigenvalue weighted by molar-refractivity contribution is -0.359. The molecule has 14 nitrogen and oxygen atoms in total. The van der Waals surface area contributed by atoms with Gasteiger partial charge >= 0.3 is 0 Å². The second-order valence-corrected chi connectivity index (χ2v) is 24.0. The minimum absolute atomic E-state index is 0.241. The maximum Gasteiger partial charge on any atom is 0.220 e. The van der Waals surface area contributed by atoms with E-state index in [4.69, 9.17) is 18.9 Å². The number of allylic oxidation sites excluding steroid dienone is 7. The molecule has 1 amide bonds. The normalized spacial score (nSPS) is 24.2. The number of amides is 1. The van der Waals surface area contributed by atoms with Gasteiger partial charge in [0.15, 0.2) is 12.6 Å². The van der Waals surface area contributed by atoms with Crippen LogP contribution in [0.3, 0.4) is 0 Å². The summed E-state index contributed by atoms with van der Waals surface area (Å²) in [5.41, 5.74) is 0. The van der Waals surface area contributed by atoms with Crippen molar-refractivity contribution >= 4 is 5.91 Å². The summed E-state index contributed by atoms with van der Waals surface area (Å²) in [5, 5.41) is 87.4. The van der Waals surface area contributed by atoms with Crippen LogP contribution >= 0.6 is 0 Å². The molecule has 0 aromatic carbocycles. The van der Waals surface area contributed by atoms with Crippen molar-refractivity contribution in [1.29, 1.82) is 0 Å². The molecule has 0 aromatic rings. The number of nitrogens with one attached hydrogen (secondary N) is 1. The number of rotatable bonds is 55. The van der Waals surface area contributed by atoms with E-state index in [0.29, 0.717) is 6.42 Å². The van der Waals surface area contributed by atoms with Crippen molar-refractivity contribution in [1.82, 2.24) is 5.32 Å². The van der Waals surface area contributed by atoms with Crippen molar-refractivity contribution in [3.8, 4) is 0 Å². The zero-order valence-electron chi connectivity index (χ0n) is 52.0. The van der Waals surface area contributed by atoms with Crippen LogP contribution in [0.25, 0.3) is 0 Å². The Morgan fingerprint density at radius 1 is 0.439 bits per heavy atom. The summed E-state index contributed by atoms with van der Waals surface area (Å²) in [6.45, 7) is 2.82. The van der Waals surface area contributed by atoms with Crippen molar-refractivity contribution in [2.75, 3.05) is 19.8 Å². The summed E-state index contributed by atoms with van der Waals surface area (Å²) in [5.74, 6) is -0.241. The number of carbonyl (C=O) groups excluding carboxylic acids is 1. The van der Waals surface area contributed by atoms with Gasteiger partial charge in [-0.1, -0.05) is 268 Å². The fourth-order valence-corrected chi connectivity index (χ4v) is 11.1. The first-order valence-corrected chi connectivity index (χ1v) is 33.9. The minimum Gasteiger partial charge on any atom is -0.394 e. The molecular weight excluding hydrogens is 1040 g/mol. The molecule has 2 fully saturated rings.